The monoisotopic (exact) mass is 351 g/mol. The summed E-state index contributed by atoms with van der Waals surface area (Å²) < 4.78 is 25.5. The summed E-state index contributed by atoms with van der Waals surface area (Å²) in [6, 6.07) is 7.88. The Kier molecular flexibility index (Phi) is 5.22. The van der Waals surface area contributed by atoms with Crippen LogP contribution in [0.4, 0.5) is 0 Å². The molecule has 2 fully saturated rings. The van der Waals surface area contributed by atoms with Crippen molar-refractivity contribution in [1.29, 1.82) is 0 Å². The smallest absolute Gasteiger partial charge is 0.254 e. The summed E-state index contributed by atoms with van der Waals surface area (Å²) in [5.41, 5.74) is 1.53. The number of hydrogen-bond donors (Lipinski definition) is 2. The molecule has 0 saturated carbocycles. The van der Waals surface area contributed by atoms with Gasteiger partial charge in [0, 0.05) is 30.7 Å². The lowest BCUT2D eigenvalue weighted by Crippen LogP contribution is -2.42. The van der Waals surface area contributed by atoms with E-state index in [-0.39, 0.29) is 18.2 Å². The van der Waals surface area contributed by atoms with Crippen LogP contribution in [0.1, 0.15) is 42.1 Å². The van der Waals surface area contributed by atoms with Crippen molar-refractivity contribution >= 4 is 15.9 Å². The molecule has 2 aliphatic rings. The molecular formula is C17H25N3O3S. The summed E-state index contributed by atoms with van der Waals surface area (Å²) in [6.45, 7) is 3.71. The van der Waals surface area contributed by atoms with Gasteiger partial charge in [-0.1, -0.05) is 12.1 Å². The normalized spacial score (nSPS) is 24.0. The van der Waals surface area contributed by atoms with Crippen molar-refractivity contribution in [3.8, 4) is 0 Å². The van der Waals surface area contributed by atoms with E-state index in [4.69, 9.17) is 0 Å². The van der Waals surface area contributed by atoms with E-state index in [9.17, 15) is 13.2 Å². The van der Waals surface area contributed by atoms with Crippen LogP contribution in [-0.4, -0.2) is 50.2 Å². The topological polar surface area (TPSA) is 78.5 Å². The van der Waals surface area contributed by atoms with Gasteiger partial charge in [-0.25, -0.2) is 13.1 Å². The molecule has 1 amide bonds. The number of rotatable bonds is 5. The molecule has 0 aliphatic carbocycles. The lowest BCUT2D eigenvalue weighted by Gasteiger charge is -2.28. The average molecular weight is 351 g/mol. The van der Waals surface area contributed by atoms with Crippen molar-refractivity contribution in [3.05, 3.63) is 35.4 Å². The van der Waals surface area contributed by atoms with Crippen LogP contribution < -0.4 is 10.0 Å². The Balaban J connectivity index is 1.68. The zero-order chi connectivity index (χ0) is 17.2. The summed E-state index contributed by atoms with van der Waals surface area (Å²) in [4.78, 5) is 14.9. The van der Waals surface area contributed by atoms with Gasteiger partial charge in [-0.15, -0.1) is 0 Å². The number of fused-ring (bicyclic) bond motifs is 2. The Labute approximate surface area is 143 Å². The fourth-order valence-corrected chi connectivity index (χ4v) is 4.11. The first kappa shape index (κ1) is 17.4. The Morgan fingerprint density at radius 2 is 1.92 bits per heavy atom. The lowest BCUT2D eigenvalue weighted by molar-refractivity contribution is 0.0680. The van der Waals surface area contributed by atoms with Crippen LogP contribution in [0.5, 0.6) is 0 Å². The lowest BCUT2D eigenvalue weighted by atomic mass is 10.1. The molecule has 24 heavy (non-hydrogen) atoms. The molecule has 2 heterocycles. The van der Waals surface area contributed by atoms with Crippen LogP contribution in [-0.2, 0) is 16.6 Å². The van der Waals surface area contributed by atoms with Crippen molar-refractivity contribution in [3.63, 3.8) is 0 Å². The molecule has 7 heteroatoms. The molecule has 6 nitrogen and oxygen atoms in total. The van der Waals surface area contributed by atoms with Crippen LogP contribution in [0.2, 0.25) is 0 Å². The minimum atomic E-state index is -3.20. The van der Waals surface area contributed by atoms with Crippen molar-refractivity contribution in [2.75, 3.05) is 18.8 Å². The fourth-order valence-electron chi connectivity index (χ4n) is 3.52. The molecule has 2 saturated heterocycles. The molecule has 2 unspecified atom stereocenters. The number of nitrogens with zero attached hydrogens (tertiary/aromatic N) is 1. The maximum atomic E-state index is 12.9. The van der Waals surface area contributed by atoms with Crippen LogP contribution >= 0.6 is 0 Å². The summed E-state index contributed by atoms with van der Waals surface area (Å²) in [7, 11) is -3.20. The molecule has 0 radical (unpaired) electrons. The Bertz CT molecular complexity index is 674. The zero-order valence-electron chi connectivity index (χ0n) is 14.0. The molecule has 0 spiro atoms. The van der Waals surface area contributed by atoms with Gasteiger partial charge in [-0.2, -0.15) is 0 Å². The minimum Gasteiger partial charge on any atom is -0.331 e. The second-order valence-electron chi connectivity index (χ2n) is 6.51. The highest BCUT2D eigenvalue weighted by molar-refractivity contribution is 7.89. The van der Waals surface area contributed by atoms with E-state index < -0.39 is 10.0 Å². The van der Waals surface area contributed by atoms with Gasteiger partial charge >= 0.3 is 0 Å². The molecule has 2 atom stereocenters. The maximum absolute atomic E-state index is 12.9. The van der Waals surface area contributed by atoms with Crippen molar-refractivity contribution in [1.82, 2.24) is 14.9 Å². The molecular weight excluding hydrogens is 326 g/mol. The van der Waals surface area contributed by atoms with Gasteiger partial charge in [-0.3, -0.25) is 4.79 Å². The Morgan fingerprint density at radius 1 is 1.21 bits per heavy atom. The first-order chi connectivity index (χ1) is 11.5. The SMILES string of the molecule is CCS(=O)(=O)NCc1ccc(C(=O)N2C3CCNCC2CC3)cc1. The molecule has 2 aliphatic heterocycles. The second kappa shape index (κ2) is 7.21. The largest absolute Gasteiger partial charge is 0.331 e. The highest BCUT2D eigenvalue weighted by atomic mass is 32.2. The Hall–Kier alpha value is -1.44. The average Bonchev–Trinajstić information content (AvgIpc) is 2.86. The molecule has 0 aromatic heterocycles. The number of sulfonamides is 1. The number of carbonyl (C=O) groups excluding carboxylic acids is 1. The number of carbonyl (C=O) groups is 1. The van der Waals surface area contributed by atoms with Gasteiger partial charge in [0.2, 0.25) is 10.0 Å². The zero-order valence-corrected chi connectivity index (χ0v) is 14.8. The summed E-state index contributed by atoms with van der Waals surface area (Å²) in [5.74, 6) is 0.155. The van der Waals surface area contributed by atoms with Crippen LogP contribution in [0.25, 0.3) is 0 Å². The molecule has 2 bridgehead atoms. The first-order valence-corrected chi connectivity index (χ1v) is 10.2. The predicted octanol–water partition coefficient (Wildman–Crippen LogP) is 1.09. The third-order valence-electron chi connectivity index (χ3n) is 4.97. The maximum Gasteiger partial charge on any atom is 0.254 e. The highest BCUT2D eigenvalue weighted by Crippen LogP contribution is 2.29. The van der Waals surface area contributed by atoms with E-state index in [0.29, 0.717) is 17.6 Å². The molecule has 2 N–H and O–H groups in total. The quantitative estimate of drug-likeness (QED) is 0.832. The van der Waals surface area contributed by atoms with E-state index >= 15 is 0 Å². The van der Waals surface area contributed by atoms with E-state index in [1.54, 1.807) is 19.1 Å². The van der Waals surface area contributed by atoms with Gasteiger partial charge in [0.25, 0.3) is 5.91 Å². The van der Waals surface area contributed by atoms with E-state index in [1.165, 1.54) is 0 Å². The third kappa shape index (κ3) is 3.79. The van der Waals surface area contributed by atoms with Gasteiger partial charge in [-0.05, 0) is 50.4 Å². The fraction of sp³-hybridized carbons (Fsp3) is 0.588. The molecule has 132 valence electrons. The second-order valence-corrected chi connectivity index (χ2v) is 8.61. The van der Waals surface area contributed by atoms with E-state index in [2.05, 4.69) is 14.9 Å². The first-order valence-electron chi connectivity index (χ1n) is 8.60. The number of nitrogens with one attached hydrogen (secondary N) is 2. The molecule has 3 rings (SSSR count). The van der Waals surface area contributed by atoms with Crippen LogP contribution in [0.3, 0.4) is 0 Å². The highest BCUT2D eigenvalue weighted by Gasteiger charge is 2.38. The third-order valence-corrected chi connectivity index (χ3v) is 6.31. The van der Waals surface area contributed by atoms with Gasteiger partial charge < -0.3 is 10.2 Å². The van der Waals surface area contributed by atoms with Gasteiger partial charge in [0.1, 0.15) is 0 Å². The number of hydrogen-bond acceptors (Lipinski definition) is 4. The summed E-state index contributed by atoms with van der Waals surface area (Å²) >= 11 is 0. The van der Waals surface area contributed by atoms with Crippen molar-refractivity contribution < 1.29 is 13.2 Å². The summed E-state index contributed by atoms with van der Waals surface area (Å²) in [6.07, 6.45) is 3.17. The van der Waals surface area contributed by atoms with E-state index in [0.717, 1.165) is 37.9 Å². The van der Waals surface area contributed by atoms with Gasteiger partial charge in [0.05, 0.1) is 5.75 Å². The molecule has 1 aromatic carbocycles. The molecule has 1 aromatic rings. The number of benzene rings is 1. The minimum absolute atomic E-state index is 0.0648. The van der Waals surface area contributed by atoms with Crippen molar-refractivity contribution in [2.24, 2.45) is 0 Å². The predicted molar refractivity (Wildman–Crippen MR) is 93.2 cm³/mol. The Morgan fingerprint density at radius 3 is 2.62 bits per heavy atom. The van der Waals surface area contributed by atoms with E-state index in [1.807, 2.05) is 12.1 Å². The summed E-state index contributed by atoms with van der Waals surface area (Å²) in [5, 5.41) is 3.40. The van der Waals surface area contributed by atoms with Crippen LogP contribution in [0.15, 0.2) is 24.3 Å². The standard InChI is InChI=1S/C17H25N3O3S/c1-2-24(22,23)19-11-13-3-5-14(6-4-13)17(21)20-15-7-8-16(20)12-18-10-9-15/h3-6,15-16,18-19H,2,7-12H2,1H3. The van der Waals surface area contributed by atoms with Gasteiger partial charge in [0.15, 0.2) is 0 Å². The van der Waals surface area contributed by atoms with Crippen LogP contribution in [0, 0.1) is 0 Å². The van der Waals surface area contributed by atoms with Crippen molar-refractivity contribution in [2.45, 2.75) is 44.8 Å². The number of amides is 1.